The molecule has 0 fully saturated rings. The Kier molecular flexibility index (Phi) is 3.62. The van der Waals surface area contributed by atoms with Crippen molar-refractivity contribution in [3.63, 3.8) is 0 Å². The third kappa shape index (κ3) is 2.63. The second-order valence-corrected chi connectivity index (χ2v) is 6.28. The molecule has 0 spiro atoms. The van der Waals surface area contributed by atoms with Gasteiger partial charge < -0.3 is 0 Å². The van der Waals surface area contributed by atoms with Crippen molar-refractivity contribution in [1.29, 1.82) is 5.26 Å². The highest BCUT2D eigenvalue weighted by atomic mass is 32.1. The summed E-state index contributed by atoms with van der Waals surface area (Å²) in [6.07, 6.45) is 8.68. The van der Waals surface area contributed by atoms with Gasteiger partial charge in [-0.15, -0.1) is 11.3 Å². The summed E-state index contributed by atoms with van der Waals surface area (Å²) in [5, 5.41) is 10.2. The molecular formula is C16H15N3S. The lowest BCUT2D eigenvalue weighted by Crippen LogP contribution is -2.09. The number of aryl methyl sites for hydroxylation is 1. The quantitative estimate of drug-likeness (QED) is 0.788. The summed E-state index contributed by atoms with van der Waals surface area (Å²) in [5.41, 5.74) is 2.76. The van der Waals surface area contributed by atoms with Gasteiger partial charge in [0.25, 0.3) is 0 Å². The number of fused-ring (bicyclic) bond motifs is 1. The Balaban J connectivity index is 1.95. The molecule has 2 aromatic heterocycles. The van der Waals surface area contributed by atoms with Gasteiger partial charge in [0.2, 0.25) is 0 Å². The van der Waals surface area contributed by atoms with Gasteiger partial charge in [0, 0.05) is 17.3 Å². The van der Waals surface area contributed by atoms with Gasteiger partial charge in [0.05, 0.1) is 11.3 Å². The third-order valence-corrected chi connectivity index (χ3v) is 4.69. The highest BCUT2D eigenvalue weighted by Crippen LogP contribution is 2.32. The van der Waals surface area contributed by atoms with Crippen molar-refractivity contribution in [2.45, 2.75) is 26.2 Å². The van der Waals surface area contributed by atoms with Crippen LogP contribution in [0.4, 0.5) is 0 Å². The number of rotatable bonds is 2. The summed E-state index contributed by atoms with van der Waals surface area (Å²) in [5.74, 6) is 0.726. The van der Waals surface area contributed by atoms with Crippen LogP contribution in [0.15, 0.2) is 24.5 Å². The van der Waals surface area contributed by atoms with Crippen LogP contribution in [0.2, 0.25) is 0 Å². The van der Waals surface area contributed by atoms with Crippen LogP contribution in [0.5, 0.6) is 0 Å². The molecular weight excluding hydrogens is 266 g/mol. The molecule has 100 valence electrons. The number of hydrogen-bond acceptors (Lipinski definition) is 4. The van der Waals surface area contributed by atoms with E-state index in [-0.39, 0.29) is 0 Å². The van der Waals surface area contributed by atoms with Crippen molar-refractivity contribution >= 4 is 23.0 Å². The monoisotopic (exact) mass is 281 g/mol. The molecule has 1 atom stereocenters. The van der Waals surface area contributed by atoms with Crippen molar-refractivity contribution in [3.05, 3.63) is 45.7 Å². The zero-order chi connectivity index (χ0) is 13.9. The van der Waals surface area contributed by atoms with Crippen molar-refractivity contribution in [2.24, 2.45) is 5.92 Å². The van der Waals surface area contributed by atoms with Gasteiger partial charge in [-0.2, -0.15) is 5.26 Å². The minimum absolute atomic E-state index is 0.630. The first-order valence-electron chi connectivity index (χ1n) is 6.77. The van der Waals surface area contributed by atoms with Gasteiger partial charge in [-0.05, 0) is 42.9 Å². The maximum atomic E-state index is 9.38. The number of pyridine rings is 1. The zero-order valence-corrected chi connectivity index (χ0v) is 12.2. The molecule has 1 aliphatic carbocycles. The van der Waals surface area contributed by atoms with Crippen LogP contribution in [0, 0.1) is 17.2 Å². The Labute approximate surface area is 122 Å². The van der Waals surface area contributed by atoms with Crippen LogP contribution in [-0.4, -0.2) is 9.97 Å². The zero-order valence-electron chi connectivity index (χ0n) is 11.3. The van der Waals surface area contributed by atoms with Gasteiger partial charge >= 0.3 is 0 Å². The molecule has 4 heteroatoms. The number of allylic oxidation sites excluding steroid dienone is 1. The normalized spacial score (nSPS) is 18.4. The predicted octanol–water partition coefficient (Wildman–Crippen LogP) is 3.73. The van der Waals surface area contributed by atoms with E-state index in [2.05, 4.69) is 23.0 Å². The van der Waals surface area contributed by atoms with Crippen LogP contribution >= 0.6 is 11.3 Å². The molecule has 0 aromatic carbocycles. The smallest absolute Gasteiger partial charge is 0.134 e. The van der Waals surface area contributed by atoms with Crippen molar-refractivity contribution in [1.82, 2.24) is 9.97 Å². The predicted molar refractivity (Wildman–Crippen MR) is 81.0 cm³/mol. The van der Waals surface area contributed by atoms with E-state index in [1.165, 1.54) is 17.0 Å². The molecule has 1 unspecified atom stereocenters. The number of nitriles is 1. The maximum Gasteiger partial charge on any atom is 0.134 e. The maximum absolute atomic E-state index is 9.38. The number of thiazole rings is 1. The second kappa shape index (κ2) is 5.56. The highest BCUT2D eigenvalue weighted by molar-refractivity contribution is 7.13. The lowest BCUT2D eigenvalue weighted by atomic mass is 9.93. The molecule has 0 saturated heterocycles. The van der Waals surface area contributed by atoms with Gasteiger partial charge in [0.15, 0.2) is 0 Å². The average molecular weight is 281 g/mol. The SMILES string of the molecule is CC1CCc2nc(/C(C#N)=C/c3cccnc3)sc2C1. The molecule has 0 aliphatic heterocycles. The molecule has 20 heavy (non-hydrogen) atoms. The molecule has 0 radical (unpaired) electrons. The lowest BCUT2D eigenvalue weighted by molar-refractivity contribution is 0.502. The average Bonchev–Trinajstić information content (AvgIpc) is 2.88. The molecule has 3 rings (SSSR count). The molecule has 1 aliphatic rings. The summed E-state index contributed by atoms with van der Waals surface area (Å²) in [4.78, 5) is 10.1. The van der Waals surface area contributed by atoms with Crippen LogP contribution in [0.1, 0.15) is 34.5 Å². The van der Waals surface area contributed by atoms with Crippen molar-refractivity contribution < 1.29 is 0 Å². The fourth-order valence-electron chi connectivity index (χ4n) is 2.42. The number of nitrogens with zero attached hydrogens (tertiary/aromatic N) is 3. The molecule has 3 nitrogen and oxygen atoms in total. The number of hydrogen-bond donors (Lipinski definition) is 0. The summed E-state index contributed by atoms with van der Waals surface area (Å²) in [6, 6.07) is 6.08. The van der Waals surface area contributed by atoms with Crippen molar-refractivity contribution in [3.8, 4) is 6.07 Å². The first kappa shape index (κ1) is 13.0. The Morgan fingerprint density at radius 2 is 2.45 bits per heavy atom. The first-order chi connectivity index (χ1) is 9.76. The number of aromatic nitrogens is 2. The van der Waals surface area contributed by atoms with Crippen LogP contribution in [-0.2, 0) is 12.8 Å². The summed E-state index contributed by atoms with van der Waals surface area (Å²) < 4.78 is 0. The largest absolute Gasteiger partial charge is 0.264 e. The molecule has 0 N–H and O–H groups in total. The van der Waals surface area contributed by atoms with Gasteiger partial charge in [-0.3, -0.25) is 4.98 Å². The summed E-state index contributed by atoms with van der Waals surface area (Å²) in [6.45, 7) is 2.28. The topological polar surface area (TPSA) is 49.6 Å². The van der Waals surface area contributed by atoms with Crippen molar-refractivity contribution in [2.75, 3.05) is 0 Å². The van der Waals surface area contributed by atoms with Gasteiger partial charge in [-0.25, -0.2) is 4.98 Å². The second-order valence-electron chi connectivity index (χ2n) is 5.19. The van der Waals surface area contributed by atoms with Crippen LogP contribution < -0.4 is 0 Å². The van der Waals surface area contributed by atoms with E-state index in [1.807, 2.05) is 18.2 Å². The van der Waals surface area contributed by atoms with E-state index in [4.69, 9.17) is 0 Å². The Hall–Kier alpha value is -1.99. The molecule has 2 heterocycles. The van der Waals surface area contributed by atoms with E-state index >= 15 is 0 Å². The van der Waals surface area contributed by atoms with Crippen LogP contribution in [0.3, 0.4) is 0 Å². The van der Waals surface area contributed by atoms with E-state index < -0.39 is 0 Å². The van der Waals surface area contributed by atoms with Gasteiger partial charge in [-0.1, -0.05) is 13.0 Å². The van der Waals surface area contributed by atoms with Gasteiger partial charge in [0.1, 0.15) is 11.1 Å². The van der Waals surface area contributed by atoms with E-state index in [1.54, 1.807) is 23.7 Å². The Bertz CT molecular complexity index is 679. The highest BCUT2D eigenvalue weighted by Gasteiger charge is 2.20. The lowest BCUT2D eigenvalue weighted by Gasteiger charge is -2.15. The standard InChI is InChI=1S/C16H15N3S/c1-11-4-5-14-15(7-11)20-16(19-14)13(9-17)8-12-3-2-6-18-10-12/h2-3,6,8,10-11H,4-5,7H2,1H3/b13-8+. The van der Waals surface area contributed by atoms with E-state index in [9.17, 15) is 5.26 Å². The molecule has 2 aromatic rings. The first-order valence-corrected chi connectivity index (χ1v) is 7.58. The fraction of sp³-hybridized carbons (Fsp3) is 0.312. The molecule has 0 amide bonds. The molecule has 0 saturated carbocycles. The minimum atomic E-state index is 0.630. The Morgan fingerprint density at radius 3 is 3.20 bits per heavy atom. The van der Waals surface area contributed by atoms with E-state index in [0.29, 0.717) is 5.57 Å². The minimum Gasteiger partial charge on any atom is -0.264 e. The van der Waals surface area contributed by atoms with Crippen LogP contribution in [0.25, 0.3) is 11.6 Å². The molecule has 0 bridgehead atoms. The summed E-state index contributed by atoms with van der Waals surface area (Å²) in [7, 11) is 0. The fourth-order valence-corrected chi connectivity index (χ4v) is 3.66. The summed E-state index contributed by atoms with van der Waals surface area (Å²) >= 11 is 1.67. The Morgan fingerprint density at radius 1 is 1.55 bits per heavy atom. The van der Waals surface area contributed by atoms with E-state index in [0.717, 1.165) is 29.3 Å². The third-order valence-electron chi connectivity index (χ3n) is 3.53.